The van der Waals surface area contributed by atoms with Crippen LogP contribution in [-0.4, -0.2) is 43.3 Å². The lowest BCUT2D eigenvalue weighted by Gasteiger charge is -2.25. The van der Waals surface area contributed by atoms with E-state index in [1.54, 1.807) is 4.90 Å². The second-order valence-electron chi connectivity index (χ2n) is 6.65. The van der Waals surface area contributed by atoms with Crippen LogP contribution in [0.5, 0.6) is 0 Å². The highest BCUT2D eigenvalue weighted by atomic mass is 32.2. The number of carbonyl (C=O) groups excluding carboxylic acids is 3. The van der Waals surface area contributed by atoms with E-state index >= 15 is 0 Å². The van der Waals surface area contributed by atoms with Gasteiger partial charge in [-0.2, -0.15) is 0 Å². The number of rotatable bonds is 5. The fourth-order valence-corrected chi connectivity index (χ4v) is 5.38. The normalized spacial score (nSPS) is 13.7. The number of amides is 3. The molecule has 0 radical (unpaired) electrons. The second kappa shape index (κ2) is 7.96. The minimum atomic E-state index is -3.45. The number of fused-ring (bicyclic) bond motifs is 1. The van der Waals surface area contributed by atoms with Crippen LogP contribution in [0, 0.1) is 0 Å². The lowest BCUT2D eigenvalue weighted by molar-refractivity contribution is -0.129. The maximum atomic E-state index is 12.7. The van der Waals surface area contributed by atoms with Crippen LogP contribution in [-0.2, 0) is 27.6 Å². The maximum absolute atomic E-state index is 12.7. The summed E-state index contributed by atoms with van der Waals surface area (Å²) in [6.07, 6.45) is 0.476. The van der Waals surface area contributed by atoms with Crippen molar-refractivity contribution in [2.75, 3.05) is 17.6 Å². The summed E-state index contributed by atoms with van der Waals surface area (Å²) < 4.78 is 24.1. The maximum Gasteiger partial charge on any atom is 0.256 e. The van der Waals surface area contributed by atoms with Crippen molar-refractivity contribution in [1.29, 1.82) is 0 Å². The first kappa shape index (κ1) is 21.0. The summed E-state index contributed by atoms with van der Waals surface area (Å²) in [4.78, 5) is 38.9. The molecule has 154 valence electrons. The van der Waals surface area contributed by atoms with E-state index in [0.717, 1.165) is 10.4 Å². The van der Waals surface area contributed by atoms with Crippen LogP contribution in [0.25, 0.3) is 0 Å². The number of carbonyl (C=O) groups is 3. The van der Waals surface area contributed by atoms with E-state index in [4.69, 9.17) is 5.73 Å². The van der Waals surface area contributed by atoms with Gasteiger partial charge in [0.05, 0.1) is 22.8 Å². The monoisotopic (exact) mass is 435 g/mol. The van der Waals surface area contributed by atoms with Gasteiger partial charge < -0.3 is 16.0 Å². The zero-order chi connectivity index (χ0) is 21.3. The van der Waals surface area contributed by atoms with E-state index in [1.807, 2.05) is 0 Å². The number of nitrogens with two attached hydrogens (primary N) is 1. The number of nitrogens with zero attached hydrogens (tertiary/aromatic N) is 1. The Bertz CT molecular complexity index is 1110. The molecule has 0 bridgehead atoms. The largest absolute Gasteiger partial charge is 0.365 e. The molecule has 2 heterocycles. The summed E-state index contributed by atoms with van der Waals surface area (Å²) in [6.45, 7) is 3.84. The molecule has 29 heavy (non-hydrogen) atoms. The molecule has 3 rings (SSSR count). The summed E-state index contributed by atoms with van der Waals surface area (Å²) in [5.74, 6) is -1.34. The Hall–Kier alpha value is -2.72. The van der Waals surface area contributed by atoms with Crippen LogP contribution in [0.15, 0.2) is 29.2 Å². The molecule has 0 spiro atoms. The first-order valence-electron chi connectivity index (χ1n) is 8.98. The quantitative estimate of drug-likeness (QED) is 0.740. The summed E-state index contributed by atoms with van der Waals surface area (Å²) in [5.41, 5.74) is 6.70. The van der Waals surface area contributed by atoms with Crippen molar-refractivity contribution in [3.8, 4) is 0 Å². The van der Waals surface area contributed by atoms with Crippen molar-refractivity contribution in [2.45, 2.75) is 31.7 Å². The van der Waals surface area contributed by atoms with Gasteiger partial charge in [-0.1, -0.05) is 13.0 Å². The third kappa shape index (κ3) is 4.18. The Morgan fingerprint density at radius 2 is 2.00 bits per heavy atom. The van der Waals surface area contributed by atoms with Gasteiger partial charge in [0, 0.05) is 23.9 Å². The van der Waals surface area contributed by atoms with Gasteiger partial charge in [0.1, 0.15) is 5.00 Å². The first-order valence-corrected chi connectivity index (χ1v) is 11.4. The van der Waals surface area contributed by atoms with Crippen molar-refractivity contribution in [1.82, 2.24) is 4.90 Å². The molecule has 0 saturated carbocycles. The number of anilines is 1. The van der Waals surface area contributed by atoms with Crippen molar-refractivity contribution >= 4 is 43.9 Å². The number of benzene rings is 1. The molecule has 1 aliphatic rings. The molecule has 8 nitrogen and oxygen atoms in total. The van der Waals surface area contributed by atoms with Crippen molar-refractivity contribution in [3.05, 3.63) is 45.8 Å². The Balaban J connectivity index is 1.93. The molecule has 0 unspecified atom stereocenters. The van der Waals surface area contributed by atoms with Crippen LogP contribution < -0.4 is 11.1 Å². The number of nitrogens with one attached hydrogen (secondary N) is 1. The third-order valence-corrected chi connectivity index (χ3v) is 7.68. The topological polar surface area (TPSA) is 127 Å². The Morgan fingerprint density at radius 3 is 2.62 bits per heavy atom. The number of primary amides is 1. The minimum absolute atomic E-state index is 0.0605. The SMILES string of the molecule is CCS(=O)(=O)c1cccc(C(=O)Nc2sc3c(c2C(N)=O)CCN(C(C)=O)C3)c1. The average Bonchev–Trinajstić information content (AvgIpc) is 3.05. The van der Waals surface area contributed by atoms with Crippen molar-refractivity contribution in [3.63, 3.8) is 0 Å². The van der Waals surface area contributed by atoms with Gasteiger partial charge in [0.15, 0.2) is 9.84 Å². The van der Waals surface area contributed by atoms with Gasteiger partial charge in [-0.15, -0.1) is 11.3 Å². The third-order valence-electron chi connectivity index (χ3n) is 4.81. The molecular formula is C19H21N3O5S2. The Labute approximate surface area is 172 Å². The summed E-state index contributed by atoms with van der Waals surface area (Å²) in [5, 5.41) is 2.99. The highest BCUT2D eigenvalue weighted by Crippen LogP contribution is 2.37. The number of hydrogen-bond donors (Lipinski definition) is 2. The fourth-order valence-electron chi connectivity index (χ4n) is 3.19. The lowest BCUT2D eigenvalue weighted by Crippen LogP contribution is -2.34. The predicted molar refractivity (Wildman–Crippen MR) is 110 cm³/mol. The van der Waals surface area contributed by atoms with Gasteiger partial charge in [-0.25, -0.2) is 8.42 Å². The van der Waals surface area contributed by atoms with Crippen LogP contribution in [0.3, 0.4) is 0 Å². The summed E-state index contributed by atoms with van der Waals surface area (Å²) in [7, 11) is -3.45. The zero-order valence-corrected chi connectivity index (χ0v) is 17.7. The smallest absolute Gasteiger partial charge is 0.256 e. The lowest BCUT2D eigenvalue weighted by atomic mass is 10.0. The van der Waals surface area contributed by atoms with E-state index in [-0.39, 0.29) is 27.7 Å². The Morgan fingerprint density at radius 1 is 1.28 bits per heavy atom. The van der Waals surface area contributed by atoms with E-state index < -0.39 is 21.7 Å². The average molecular weight is 436 g/mol. The first-order chi connectivity index (χ1) is 13.6. The van der Waals surface area contributed by atoms with Crippen LogP contribution in [0.1, 0.15) is 45.0 Å². The molecular weight excluding hydrogens is 414 g/mol. The fraction of sp³-hybridized carbons (Fsp3) is 0.316. The van der Waals surface area contributed by atoms with Gasteiger partial charge in [-0.05, 0) is 30.2 Å². The van der Waals surface area contributed by atoms with Crippen molar-refractivity contribution < 1.29 is 22.8 Å². The van der Waals surface area contributed by atoms with E-state index in [0.29, 0.717) is 24.5 Å². The predicted octanol–water partition coefficient (Wildman–Crippen LogP) is 1.80. The standard InChI is InChI=1S/C19H21N3O5S2/c1-3-29(26,27)13-6-4-5-12(9-13)18(25)21-19-16(17(20)24)14-7-8-22(11(2)23)10-15(14)28-19/h4-6,9H,3,7-8,10H2,1-2H3,(H2,20,24)(H,21,25). The number of hydrogen-bond acceptors (Lipinski definition) is 6. The van der Waals surface area contributed by atoms with Gasteiger partial charge >= 0.3 is 0 Å². The molecule has 1 aromatic heterocycles. The Kier molecular flexibility index (Phi) is 5.76. The number of sulfone groups is 1. The molecule has 0 fully saturated rings. The highest BCUT2D eigenvalue weighted by molar-refractivity contribution is 7.91. The molecule has 0 aliphatic carbocycles. The molecule has 0 saturated heterocycles. The van der Waals surface area contributed by atoms with E-state index in [9.17, 15) is 22.8 Å². The molecule has 3 N–H and O–H groups in total. The van der Waals surface area contributed by atoms with Crippen LogP contribution in [0.4, 0.5) is 5.00 Å². The molecule has 1 aromatic carbocycles. The van der Waals surface area contributed by atoms with Gasteiger partial charge in [-0.3, -0.25) is 14.4 Å². The minimum Gasteiger partial charge on any atom is -0.365 e. The number of thiophene rings is 1. The van der Waals surface area contributed by atoms with Crippen LogP contribution >= 0.6 is 11.3 Å². The molecule has 10 heteroatoms. The summed E-state index contributed by atoms with van der Waals surface area (Å²) >= 11 is 1.20. The molecule has 0 atom stereocenters. The highest BCUT2D eigenvalue weighted by Gasteiger charge is 2.28. The molecule has 2 aromatic rings. The molecule has 3 amide bonds. The molecule has 1 aliphatic heterocycles. The zero-order valence-electron chi connectivity index (χ0n) is 16.0. The second-order valence-corrected chi connectivity index (χ2v) is 10.0. The van der Waals surface area contributed by atoms with Crippen molar-refractivity contribution in [2.24, 2.45) is 5.73 Å². The van der Waals surface area contributed by atoms with E-state index in [1.165, 1.54) is 49.4 Å². The van der Waals surface area contributed by atoms with Crippen LogP contribution in [0.2, 0.25) is 0 Å². The van der Waals surface area contributed by atoms with Gasteiger partial charge in [0.2, 0.25) is 5.91 Å². The summed E-state index contributed by atoms with van der Waals surface area (Å²) in [6, 6.07) is 5.74. The van der Waals surface area contributed by atoms with Gasteiger partial charge in [0.25, 0.3) is 11.8 Å². The van der Waals surface area contributed by atoms with E-state index in [2.05, 4.69) is 5.32 Å².